The van der Waals surface area contributed by atoms with Gasteiger partial charge in [0.1, 0.15) is 23.4 Å². The number of nitriles is 1. The van der Waals surface area contributed by atoms with Crippen molar-refractivity contribution in [3.05, 3.63) is 17.6 Å². The van der Waals surface area contributed by atoms with Crippen molar-refractivity contribution in [3.8, 4) is 6.07 Å². The number of aromatic nitrogens is 2. The van der Waals surface area contributed by atoms with Crippen molar-refractivity contribution in [2.24, 2.45) is 0 Å². The fraction of sp³-hybridized carbons (Fsp3) is 0.444. The highest BCUT2D eigenvalue weighted by atomic mass is 15.0. The maximum absolute atomic E-state index is 8.68. The second-order valence-corrected chi connectivity index (χ2v) is 2.55. The summed E-state index contributed by atoms with van der Waals surface area (Å²) in [6, 6.07) is 3.66. The lowest BCUT2D eigenvalue weighted by Crippen LogP contribution is -2.04. The molecule has 1 aromatic heterocycles. The van der Waals surface area contributed by atoms with Crippen LogP contribution in [0.1, 0.15) is 25.4 Å². The van der Waals surface area contributed by atoms with Crippen LogP contribution in [-0.2, 0) is 6.42 Å². The van der Waals surface area contributed by atoms with Crippen LogP contribution >= 0.6 is 0 Å². The maximum atomic E-state index is 8.68. The largest absolute Gasteiger partial charge is 0.370 e. The van der Waals surface area contributed by atoms with E-state index in [2.05, 4.69) is 15.3 Å². The van der Waals surface area contributed by atoms with Crippen LogP contribution in [0.5, 0.6) is 0 Å². The summed E-state index contributed by atoms with van der Waals surface area (Å²) in [6.45, 7) is 4.75. The van der Waals surface area contributed by atoms with Gasteiger partial charge in [-0.05, 0) is 6.92 Å². The van der Waals surface area contributed by atoms with Gasteiger partial charge in [0.25, 0.3) is 0 Å². The lowest BCUT2D eigenvalue weighted by Gasteiger charge is -2.03. The van der Waals surface area contributed by atoms with Crippen molar-refractivity contribution < 1.29 is 0 Å². The third-order valence-electron chi connectivity index (χ3n) is 1.56. The average Bonchev–Trinajstić information content (AvgIpc) is 2.17. The highest BCUT2D eigenvalue weighted by Crippen LogP contribution is 2.05. The summed E-state index contributed by atoms with van der Waals surface area (Å²) in [5.74, 6) is 1.43. The third kappa shape index (κ3) is 2.41. The van der Waals surface area contributed by atoms with Gasteiger partial charge in [0, 0.05) is 19.0 Å². The summed E-state index contributed by atoms with van der Waals surface area (Å²) in [5, 5.41) is 11.7. The number of nitrogens with zero attached hydrogens (tertiary/aromatic N) is 3. The van der Waals surface area contributed by atoms with Crippen LogP contribution in [0.15, 0.2) is 6.07 Å². The van der Waals surface area contributed by atoms with E-state index in [0.717, 1.165) is 18.8 Å². The minimum atomic E-state index is 0.419. The predicted octanol–water partition coefficient (Wildman–Crippen LogP) is 1.34. The molecule has 13 heavy (non-hydrogen) atoms. The number of rotatable bonds is 3. The lowest BCUT2D eigenvalue weighted by atomic mass is 10.3. The molecule has 0 saturated heterocycles. The van der Waals surface area contributed by atoms with Gasteiger partial charge >= 0.3 is 0 Å². The fourth-order valence-corrected chi connectivity index (χ4v) is 0.984. The normalized spacial score (nSPS) is 9.31. The highest BCUT2D eigenvalue weighted by molar-refractivity contribution is 5.39. The van der Waals surface area contributed by atoms with E-state index in [1.54, 1.807) is 6.07 Å². The Hall–Kier alpha value is -1.63. The molecule has 4 nitrogen and oxygen atoms in total. The lowest BCUT2D eigenvalue weighted by molar-refractivity contribution is 0.927. The molecule has 0 aliphatic rings. The van der Waals surface area contributed by atoms with Crippen LogP contribution in [0.3, 0.4) is 0 Å². The molecular formula is C9H12N4. The van der Waals surface area contributed by atoms with Crippen LogP contribution in [0.25, 0.3) is 0 Å². The summed E-state index contributed by atoms with van der Waals surface area (Å²) in [5.41, 5.74) is 0.419. The molecule has 1 aromatic rings. The Morgan fingerprint density at radius 1 is 1.46 bits per heavy atom. The van der Waals surface area contributed by atoms with Crippen LogP contribution < -0.4 is 5.32 Å². The zero-order chi connectivity index (χ0) is 9.68. The second kappa shape index (κ2) is 4.41. The minimum absolute atomic E-state index is 0.419. The van der Waals surface area contributed by atoms with Gasteiger partial charge in [0.2, 0.25) is 0 Å². The molecule has 0 aromatic carbocycles. The van der Waals surface area contributed by atoms with Crippen molar-refractivity contribution in [2.75, 3.05) is 11.9 Å². The first-order chi connectivity index (χ1) is 6.30. The Morgan fingerprint density at radius 3 is 2.77 bits per heavy atom. The molecule has 1 N–H and O–H groups in total. The first kappa shape index (κ1) is 9.46. The van der Waals surface area contributed by atoms with E-state index < -0.39 is 0 Å². The zero-order valence-electron chi connectivity index (χ0n) is 7.83. The number of hydrogen-bond acceptors (Lipinski definition) is 4. The van der Waals surface area contributed by atoms with Gasteiger partial charge in [0.05, 0.1) is 0 Å². The van der Waals surface area contributed by atoms with Crippen LogP contribution in [0.2, 0.25) is 0 Å². The van der Waals surface area contributed by atoms with Gasteiger partial charge in [-0.15, -0.1) is 0 Å². The van der Waals surface area contributed by atoms with Gasteiger partial charge in [-0.25, -0.2) is 9.97 Å². The Kier molecular flexibility index (Phi) is 3.21. The summed E-state index contributed by atoms with van der Waals surface area (Å²) in [6.07, 6.45) is 0.744. The molecule has 0 radical (unpaired) electrons. The third-order valence-corrected chi connectivity index (χ3v) is 1.56. The van der Waals surface area contributed by atoms with Crippen molar-refractivity contribution >= 4 is 5.82 Å². The monoisotopic (exact) mass is 176 g/mol. The molecule has 1 heterocycles. The summed E-state index contributed by atoms with van der Waals surface area (Å²) < 4.78 is 0. The number of anilines is 1. The van der Waals surface area contributed by atoms with Gasteiger partial charge < -0.3 is 5.32 Å². The predicted molar refractivity (Wildman–Crippen MR) is 50.3 cm³/mol. The maximum Gasteiger partial charge on any atom is 0.146 e. The van der Waals surface area contributed by atoms with E-state index in [-0.39, 0.29) is 0 Å². The summed E-state index contributed by atoms with van der Waals surface area (Å²) >= 11 is 0. The molecule has 0 spiro atoms. The number of nitrogens with one attached hydrogen (secondary N) is 1. The van der Waals surface area contributed by atoms with Crippen molar-refractivity contribution in [1.82, 2.24) is 9.97 Å². The van der Waals surface area contributed by atoms with Crippen LogP contribution in [-0.4, -0.2) is 16.5 Å². The van der Waals surface area contributed by atoms with Crippen molar-refractivity contribution in [3.63, 3.8) is 0 Å². The summed E-state index contributed by atoms with van der Waals surface area (Å²) in [7, 11) is 0. The molecule has 0 aliphatic heterocycles. The molecule has 68 valence electrons. The SMILES string of the molecule is CCNc1cc(C#N)nc(CC)n1. The standard InChI is InChI=1S/C9H12N4/c1-3-8-12-7(6-10)5-9(13-8)11-4-2/h5H,3-4H2,1-2H3,(H,11,12,13). The van der Waals surface area contributed by atoms with Crippen molar-refractivity contribution in [2.45, 2.75) is 20.3 Å². The Bertz CT molecular complexity index is 327. The fourth-order valence-electron chi connectivity index (χ4n) is 0.984. The quantitative estimate of drug-likeness (QED) is 0.755. The first-order valence-electron chi connectivity index (χ1n) is 4.32. The first-order valence-corrected chi connectivity index (χ1v) is 4.32. The van der Waals surface area contributed by atoms with Crippen LogP contribution in [0, 0.1) is 11.3 Å². The smallest absolute Gasteiger partial charge is 0.146 e. The van der Waals surface area contributed by atoms with Crippen molar-refractivity contribution in [1.29, 1.82) is 5.26 Å². The molecule has 0 aliphatic carbocycles. The number of aryl methyl sites for hydroxylation is 1. The molecule has 0 amide bonds. The molecule has 4 heteroatoms. The van der Waals surface area contributed by atoms with Gasteiger partial charge in [-0.2, -0.15) is 5.26 Å². The molecule has 0 atom stereocenters. The van der Waals surface area contributed by atoms with Crippen LogP contribution in [0.4, 0.5) is 5.82 Å². The molecular weight excluding hydrogens is 164 g/mol. The molecule has 0 bridgehead atoms. The van der Waals surface area contributed by atoms with E-state index in [1.165, 1.54) is 0 Å². The van der Waals surface area contributed by atoms with E-state index in [9.17, 15) is 0 Å². The molecule has 0 fully saturated rings. The van der Waals surface area contributed by atoms with E-state index >= 15 is 0 Å². The van der Waals surface area contributed by atoms with E-state index in [0.29, 0.717) is 11.5 Å². The van der Waals surface area contributed by atoms with Gasteiger partial charge in [-0.3, -0.25) is 0 Å². The average molecular weight is 176 g/mol. The van der Waals surface area contributed by atoms with Gasteiger partial charge in [-0.1, -0.05) is 6.92 Å². The van der Waals surface area contributed by atoms with E-state index in [1.807, 2.05) is 19.9 Å². The topological polar surface area (TPSA) is 61.6 Å². The summed E-state index contributed by atoms with van der Waals surface area (Å²) in [4.78, 5) is 8.26. The second-order valence-electron chi connectivity index (χ2n) is 2.55. The minimum Gasteiger partial charge on any atom is -0.370 e. The Balaban J connectivity index is 3.01. The molecule has 0 saturated carbocycles. The highest BCUT2D eigenvalue weighted by Gasteiger charge is 2.01. The Labute approximate surface area is 77.6 Å². The molecule has 0 unspecified atom stereocenters. The van der Waals surface area contributed by atoms with E-state index in [4.69, 9.17) is 5.26 Å². The zero-order valence-corrected chi connectivity index (χ0v) is 7.83. The number of hydrogen-bond donors (Lipinski definition) is 1. The molecule has 1 rings (SSSR count). The Morgan fingerprint density at radius 2 is 2.23 bits per heavy atom. The van der Waals surface area contributed by atoms with Gasteiger partial charge in [0.15, 0.2) is 0 Å².